The molecule has 5 nitrogen and oxygen atoms in total. The fourth-order valence-electron chi connectivity index (χ4n) is 2.84. The standard InChI is InChI=1S/C13H25N3O2/c17-10-9-15-5-7-16(8-6-15)13(18)11-14-12-3-1-2-4-12/h12,14,17H,1-11H2. The number of β-amino-alcohol motifs (C(OH)–C–C–N with tert-alkyl or cyclic N) is 1. The number of nitrogens with zero attached hydrogens (tertiary/aromatic N) is 2. The largest absolute Gasteiger partial charge is 0.395 e. The van der Waals surface area contributed by atoms with Crippen LogP contribution in [0.1, 0.15) is 25.7 Å². The van der Waals surface area contributed by atoms with Gasteiger partial charge < -0.3 is 15.3 Å². The Morgan fingerprint density at radius 3 is 2.44 bits per heavy atom. The third kappa shape index (κ3) is 3.93. The normalized spacial score (nSPS) is 22.6. The number of rotatable bonds is 5. The molecule has 2 rings (SSSR count). The van der Waals surface area contributed by atoms with Crippen molar-refractivity contribution < 1.29 is 9.90 Å². The molecule has 5 heteroatoms. The second-order valence-electron chi connectivity index (χ2n) is 5.31. The van der Waals surface area contributed by atoms with Crippen LogP contribution in [-0.2, 0) is 4.79 Å². The molecule has 1 heterocycles. The Labute approximate surface area is 109 Å². The molecule has 1 aliphatic carbocycles. The first-order valence-electron chi connectivity index (χ1n) is 7.14. The van der Waals surface area contributed by atoms with Crippen LogP contribution in [0.15, 0.2) is 0 Å². The summed E-state index contributed by atoms with van der Waals surface area (Å²) in [5.41, 5.74) is 0. The quantitative estimate of drug-likeness (QED) is 0.705. The minimum absolute atomic E-state index is 0.206. The monoisotopic (exact) mass is 255 g/mol. The van der Waals surface area contributed by atoms with Crippen LogP contribution in [0.3, 0.4) is 0 Å². The van der Waals surface area contributed by atoms with E-state index in [4.69, 9.17) is 5.11 Å². The lowest BCUT2D eigenvalue weighted by Crippen LogP contribution is -2.51. The van der Waals surface area contributed by atoms with Gasteiger partial charge in [0.25, 0.3) is 0 Å². The maximum atomic E-state index is 12.0. The van der Waals surface area contributed by atoms with Crippen molar-refractivity contribution >= 4 is 5.91 Å². The van der Waals surface area contributed by atoms with Crippen molar-refractivity contribution in [3.05, 3.63) is 0 Å². The van der Waals surface area contributed by atoms with Gasteiger partial charge in [0.2, 0.25) is 5.91 Å². The van der Waals surface area contributed by atoms with Crippen LogP contribution in [0, 0.1) is 0 Å². The molecule has 1 saturated heterocycles. The average Bonchev–Trinajstić information content (AvgIpc) is 2.90. The molecule has 0 spiro atoms. The van der Waals surface area contributed by atoms with Crippen molar-refractivity contribution in [1.29, 1.82) is 0 Å². The predicted molar refractivity (Wildman–Crippen MR) is 70.4 cm³/mol. The Kier molecular flexibility index (Phi) is 5.41. The topological polar surface area (TPSA) is 55.8 Å². The molecule has 2 fully saturated rings. The second-order valence-corrected chi connectivity index (χ2v) is 5.31. The van der Waals surface area contributed by atoms with Crippen LogP contribution in [0.2, 0.25) is 0 Å². The Morgan fingerprint density at radius 1 is 1.17 bits per heavy atom. The summed E-state index contributed by atoms with van der Waals surface area (Å²) in [6.45, 7) is 4.78. The first-order chi connectivity index (χ1) is 8.79. The van der Waals surface area contributed by atoms with Gasteiger partial charge in [0.1, 0.15) is 0 Å². The molecular weight excluding hydrogens is 230 g/mol. The molecule has 18 heavy (non-hydrogen) atoms. The number of aliphatic hydroxyl groups excluding tert-OH is 1. The highest BCUT2D eigenvalue weighted by Gasteiger charge is 2.22. The van der Waals surface area contributed by atoms with Crippen LogP contribution in [0.5, 0.6) is 0 Å². The molecule has 0 aromatic carbocycles. The van der Waals surface area contributed by atoms with Gasteiger partial charge in [-0.1, -0.05) is 12.8 Å². The fourth-order valence-corrected chi connectivity index (χ4v) is 2.84. The Balaban J connectivity index is 1.64. The number of piperazine rings is 1. The summed E-state index contributed by atoms with van der Waals surface area (Å²) in [7, 11) is 0. The molecule has 104 valence electrons. The minimum Gasteiger partial charge on any atom is -0.395 e. The molecule has 2 aliphatic rings. The van der Waals surface area contributed by atoms with Crippen molar-refractivity contribution in [2.24, 2.45) is 0 Å². The first-order valence-corrected chi connectivity index (χ1v) is 7.14. The number of hydrogen-bond acceptors (Lipinski definition) is 4. The van der Waals surface area contributed by atoms with Gasteiger partial charge in [-0.05, 0) is 12.8 Å². The van der Waals surface area contributed by atoms with Crippen molar-refractivity contribution in [3.63, 3.8) is 0 Å². The summed E-state index contributed by atoms with van der Waals surface area (Å²) in [5, 5.41) is 12.2. The molecule has 2 N–H and O–H groups in total. The second kappa shape index (κ2) is 7.07. The van der Waals surface area contributed by atoms with E-state index in [0.717, 1.165) is 32.7 Å². The molecule has 1 saturated carbocycles. The number of nitrogens with one attached hydrogen (secondary N) is 1. The van der Waals surface area contributed by atoms with Gasteiger partial charge in [-0.2, -0.15) is 0 Å². The molecule has 1 aliphatic heterocycles. The van der Waals surface area contributed by atoms with Gasteiger partial charge in [-0.3, -0.25) is 9.69 Å². The maximum Gasteiger partial charge on any atom is 0.236 e. The Bertz CT molecular complexity index is 259. The molecule has 0 bridgehead atoms. The smallest absolute Gasteiger partial charge is 0.236 e. The van der Waals surface area contributed by atoms with E-state index in [1.165, 1.54) is 25.7 Å². The Morgan fingerprint density at radius 2 is 1.83 bits per heavy atom. The van der Waals surface area contributed by atoms with Gasteiger partial charge in [0, 0.05) is 38.8 Å². The van der Waals surface area contributed by atoms with Crippen LogP contribution >= 0.6 is 0 Å². The van der Waals surface area contributed by atoms with Crippen LogP contribution in [-0.4, -0.2) is 72.7 Å². The Hall–Kier alpha value is -0.650. The van der Waals surface area contributed by atoms with E-state index in [1.807, 2.05) is 4.90 Å². The van der Waals surface area contributed by atoms with Crippen LogP contribution in [0.4, 0.5) is 0 Å². The minimum atomic E-state index is 0.206. The summed E-state index contributed by atoms with van der Waals surface area (Å²) >= 11 is 0. The zero-order valence-corrected chi connectivity index (χ0v) is 11.1. The average molecular weight is 255 g/mol. The van der Waals surface area contributed by atoms with Gasteiger partial charge >= 0.3 is 0 Å². The lowest BCUT2D eigenvalue weighted by Gasteiger charge is -2.34. The highest BCUT2D eigenvalue weighted by molar-refractivity contribution is 5.78. The number of carbonyl (C=O) groups is 1. The van der Waals surface area contributed by atoms with E-state index in [2.05, 4.69) is 10.2 Å². The summed E-state index contributed by atoms with van der Waals surface area (Å²) in [6.07, 6.45) is 5.03. The third-order valence-corrected chi connectivity index (χ3v) is 4.04. The van der Waals surface area contributed by atoms with Crippen molar-refractivity contribution in [1.82, 2.24) is 15.1 Å². The van der Waals surface area contributed by atoms with Crippen LogP contribution < -0.4 is 5.32 Å². The third-order valence-electron chi connectivity index (χ3n) is 4.04. The molecule has 0 aromatic heterocycles. The van der Waals surface area contributed by atoms with Gasteiger partial charge in [0.05, 0.1) is 13.2 Å². The fraction of sp³-hybridized carbons (Fsp3) is 0.923. The summed E-state index contributed by atoms with van der Waals surface area (Å²) < 4.78 is 0. The molecule has 0 atom stereocenters. The van der Waals surface area contributed by atoms with E-state index in [1.54, 1.807) is 0 Å². The molecule has 0 unspecified atom stereocenters. The highest BCUT2D eigenvalue weighted by atomic mass is 16.3. The SMILES string of the molecule is O=C(CNC1CCCC1)N1CCN(CCO)CC1. The van der Waals surface area contributed by atoms with Crippen molar-refractivity contribution in [2.45, 2.75) is 31.7 Å². The van der Waals surface area contributed by atoms with Crippen molar-refractivity contribution in [2.75, 3.05) is 45.9 Å². The van der Waals surface area contributed by atoms with Gasteiger partial charge in [-0.25, -0.2) is 0 Å². The lowest BCUT2D eigenvalue weighted by atomic mass is 10.2. The summed E-state index contributed by atoms with van der Waals surface area (Å²) in [6, 6.07) is 0.560. The van der Waals surface area contributed by atoms with E-state index >= 15 is 0 Å². The molecular formula is C13H25N3O2. The summed E-state index contributed by atoms with van der Waals surface area (Å²) in [4.78, 5) is 16.2. The maximum absolute atomic E-state index is 12.0. The lowest BCUT2D eigenvalue weighted by molar-refractivity contribution is -0.132. The first kappa shape index (κ1) is 13.8. The van der Waals surface area contributed by atoms with E-state index in [0.29, 0.717) is 12.6 Å². The zero-order valence-electron chi connectivity index (χ0n) is 11.1. The van der Waals surface area contributed by atoms with Crippen LogP contribution in [0.25, 0.3) is 0 Å². The predicted octanol–water partition coefficient (Wildman–Crippen LogP) is -0.345. The zero-order chi connectivity index (χ0) is 12.8. The van der Waals surface area contributed by atoms with E-state index in [-0.39, 0.29) is 12.5 Å². The number of amides is 1. The number of aliphatic hydroxyl groups is 1. The van der Waals surface area contributed by atoms with Crippen molar-refractivity contribution in [3.8, 4) is 0 Å². The van der Waals surface area contributed by atoms with E-state index in [9.17, 15) is 4.79 Å². The molecule has 0 aromatic rings. The number of hydrogen-bond donors (Lipinski definition) is 2. The number of carbonyl (C=O) groups excluding carboxylic acids is 1. The van der Waals surface area contributed by atoms with Gasteiger partial charge in [0.15, 0.2) is 0 Å². The summed E-state index contributed by atoms with van der Waals surface area (Å²) in [5.74, 6) is 0.227. The molecule has 0 radical (unpaired) electrons. The van der Waals surface area contributed by atoms with E-state index < -0.39 is 0 Å². The highest BCUT2D eigenvalue weighted by Crippen LogP contribution is 2.17. The molecule has 1 amide bonds. The van der Waals surface area contributed by atoms with Gasteiger partial charge in [-0.15, -0.1) is 0 Å².